The van der Waals surface area contributed by atoms with Crippen LogP contribution in [0.1, 0.15) is 60.4 Å². The van der Waals surface area contributed by atoms with Gasteiger partial charge in [-0.05, 0) is 51.5 Å². The molecule has 50 heavy (non-hydrogen) atoms. The molecule has 4 heterocycles. The van der Waals surface area contributed by atoms with Crippen molar-refractivity contribution in [2.24, 2.45) is 0 Å². The molecular formula is C37H44N6O7. The van der Waals surface area contributed by atoms with Gasteiger partial charge in [-0.15, -0.1) is 5.10 Å². The second-order valence-electron chi connectivity index (χ2n) is 12.9. The summed E-state index contributed by atoms with van der Waals surface area (Å²) in [5, 5.41) is 49.2. The number of hydrogen-bond acceptors (Lipinski definition) is 11. The van der Waals surface area contributed by atoms with Crippen LogP contribution in [0, 0.1) is 0 Å². The van der Waals surface area contributed by atoms with Gasteiger partial charge in [0.25, 0.3) is 5.91 Å². The molecule has 0 radical (unpaired) electrons. The van der Waals surface area contributed by atoms with Crippen molar-refractivity contribution in [1.82, 2.24) is 19.9 Å². The lowest BCUT2D eigenvalue weighted by Crippen LogP contribution is -2.58. The number of fused-ring (bicyclic) bond motifs is 6. The summed E-state index contributed by atoms with van der Waals surface area (Å²) in [4.78, 5) is 20.9. The van der Waals surface area contributed by atoms with Crippen LogP contribution in [-0.4, -0.2) is 103 Å². The number of carbonyl (C=O) groups excluding carboxylic acids is 1. The van der Waals surface area contributed by atoms with Crippen LogP contribution in [0.2, 0.25) is 0 Å². The summed E-state index contributed by atoms with van der Waals surface area (Å²) in [6.07, 6.45) is -5.76. The van der Waals surface area contributed by atoms with Crippen LogP contribution in [0.25, 0.3) is 0 Å². The molecule has 1 fully saturated rings. The van der Waals surface area contributed by atoms with Gasteiger partial charge in [0, 0.05) is 66.4 Å². The third-order valence-electron chi connectivity index (χ3n) is 10.3. The fraction of sp³-hybridized carbons (Fsp3) is 0.432. The van der Waals surface area contributed by atoms with Crippen LogP contribution < -0.4 is 14.5 Å². The highest BCUT2D eigenvalue weighted by Crippen LogP contribution is 2.58. The Bertz CT molecular complexity index is 1810. The van der Waals surface area contributed by atoms with Gasteiger partial charge in [0.05, 0.1) is 19.3 Å². The molecule has 1 saturated heterocycles. The van der Waals surface area contributed by atoms with Crippen molar-refractivity contribution in [3.05, 3.63) is 94.8 Å². The van der Waals surface area contributed by atoms with Crippen molar-refractivity contribution in [3.8, 4) is 11.5 Å². The number of nitrogens with zero attached hydrogens (tertiary/aromatic N) is 6. The number of benzene rings is 3. The molecular weight excluding hydrogens is 640 g/mol. The van der Waals surface area contributed by atoms with E-state index in [0.29, 0.717) is 22.8 Å². The minimum Gasteiger partial charge on any atom is -0.456 e. The van der Waals surface area contributed by atoms with Crippen molar-refractivity contribution in [1.29, 1.82) is 0 Å². The van der Waals surface area contributed by atoms with Crippen LogP contribution in [0.3, 0.4) is 0 Å². The number of anilines is 2. The zero-order chi connectivity index (χ0) is 35.3. The Balaban J connectivity index is 1.35. The van der Waals surface area contributed by atoms with E-state index in [0.717, 1.165) is 54.2 Å². The maximum Gasteiger partial charge on any atom is 0.255 e. The second kappa shape index (κ2) is 13.3. The molecule has 1 aromatic heterocycles. The third-order valence-corrected chi connectivity index (χ3v) is 10.3. The highest BCUT2D eigenvalue weighted by atomic mass is 16.6. The molecule has 1 spiro atoms. The first-order valence-corrected chi connectivity index (χ1v) is 17.3. The van der Waals surface area contributed by atoms with E-state index in [9.17, 15) is 25.2 Å². The summed E-state index contributed by atoms with van der Waals surface area (Å²) in [6, 6.07) is 20.1. The fourth-order valence-electron chi connectivity index (χ4n) is 7.75. The molecule has 0 bridgehead atoms. The monoisotopic (exact) mass is 684 g/mol. The SMILES string of the molecule is CCN(CC)c1ccc2c(c1)Oc1cc(N(CC)CC)ccc1C21c2ccccc2C(=O)N1Cc1cn(CC2O[C@H](O)[C@H](O)[C@@H](O)[C@H]2O)nn1. The molecule has 13 heteroatoms. The lowest BCUT2D eigenvalue weighted by Gasteiger charge is -2.44. The Hall–Kier alpha value is -4.53. The molecule has 13 nitrogen and oxygen atoms in total. The summed E-state index contributed by atoms with van der Waals surface area (Å²) in [6.45, 7) is 11.8. The van der Waals surface area contributed by atoms with E-state index in [1.54, 1.807) is 6.20 Å². The van der Waals surface area contributed by atoms with E-state index in [1.807, 2.05) is 29.2 Å². The van der Waals surface area contributed by atoms with E-state index in [-0.39, 0.29) is 19.0 Å². The minimum atomic E-state index is -1.67. The molecule has 5 atom stereocenters. The van der Waals surface area contributed by atoms with Crippen LogP contribution in [0.4, 0.5) is 11.4 Å². The molecule has 0 saturated carbocycles. The molecule has 3 aromatic carbocycles. The van der Waals surface area contributed by atoms with Crippen LogP contribution in [-0.2, 0) is 23.4 Å². The first kappa shape index (κ1) is 33.9. The predicted molar refractivity (Wildman–Crippen MR) is 185 cm³/mol. The van der Waals surface area contributed by atoms with Gasteiger partial charge >= 0.3 is 0 Å². The highest BCUT2D eigenvalue weighted by molar-refractivity contribution is 6.02. The Kier molecular flexibility index (Phi) is 9.03. The molecule has 3 aliphatic heterocycles. The standard InChI is InChI=1S/C37H44N6O7/c1-5-40(6-2)23-13-15-27-29(17-23)49-30-18-24(41(7-3)8-4)14-16-28(30)37(27)26-12-10-9-11-25(26)35(47)43(37)20-22-19-42(39-38-22)21-31-32(44)33(45)34(46)36(48)50-31/h9-19,31-34,36,44-46,48H,5-8,20-21H2,1-4H3/t31?,32-,33-,34+,36-/m0/s1. The quantitative estimate of drug-likeness (QED) is 0.195. The van der Waals surface area contributed by atoms with Crippen molar-refractivity contribution in [3.63, 3.8) is 0 Å². The average molecular weight is 685 g/mol. The largest absolute Gasteiger partial charge is 0.456 e. The maximum absolute atomic E-state index is 14.6. The summed E-state index contributed by atoms with van der Waals surface area (Å²) >= 11 is 0. The van der Waals surface area contributed by atoms with Gasteiger partial charge in [-0.1, -0.05) is 35.5 Å². The average Bonchev–Trinajstić information content (AvgIpc) is 3.67. The Morgan fingerprint density at radius 1 is 0.780 bits per heavy atom. The molecule has 4 N–H and O–H groups in total. The van der Waals surface area contributed by atoms with Gasteiger partial charge < -0.3 is 44.6 Å². The molecule has 7 rings (SSSR count). The van der Waals surface area contributed by atoms with E-state index >= 15 is 0 Å². The molecule has 1 amide bonds. The molecule has 4 aromatic rings. The van der Waals surface area contributed by atoms with E-state index in [1.165, 1.54) is 4.68 Å². The van der Waals surface area contributed by atoms with Gasteiger partial charge in [-0.3, -0.25) is 4.79 Å². The van der Waals surface area contributed by atoms with Gasteiger partial charge in [-0.2, -0.15) is 0 Å². The summed E-state index contributed by atoms with van der Waals surface area (Å²) in [7, 11) is 0. The number of aliphatic hydroxyl groups excluding tert-OH is 4. The first-order valence-electron chi connectivity index (χ1n) is 17.3. The Morgan fingerprint density at radius 3 is 1.98 bits per heavy atom. The number of hydrogen-bond donors (Lipinski definition) is 4. The zero-order valence-electron chi connectivity index (χ0n) is 28.7. The van der Waals surface area contributed by atoms with E-state index < -0.39 is 36.2 Å². The number of amides is 1. The maximum atomic E-state index is 14.6. The third kappa shape index (κ3) is 5.31. The second-order valence-corrected chi connectivity index (χ2v) is 12.9. The molecule has 1 unspecified atom stereocenters. The van der Waals surface area contributed by atoms with Crippen LogP contribution in [0.15, 0.2) is 66.9 Å². The highest BCUT2D eigenvalue weighted by Gasteiger charge is 2.56. The summed E-state index contributed by atoms with van der Waals surface area (Å²) in [5.74, 6) is 1.17. The van der Waals surface area contributed by atoms with Crippen molar-refractivity contribution < 1.29 is 34.7 Å². The van der Waals surface area contributed by atoms with Crippen LogP contribution >= 0.6 is 0 Å². The van der Waals surface area contributed by atoms with E-state index in [4.69, 9.17) is 9.47 Å². The van der Waals surface area contributed by atoms with Crippen molar-refractivity contribution in [2.75, 3.05) is 36.0 Å². The van der Waals surface area contributed by atoms with Crippen molar-refractivity contribution in [2.45, 2.75) is 77.0 Å². The zero-order valence-corrected chi connectivity index (χ0v) is 28.7. The number of carbonyl (C=O) groups is 1. The summed E-state index contributed by atoms with van der Waals surface area (Å²) in [5.41, 5.74) is 4.56. The minimum absolute atomic E-state index is 0.0594. The Morgan fingerprint density at radius 2 is 1.38 bits per heavy atom. The van der Waals surface area contributed by atoms with Gasteiger partial charge in [0.1, 0.15) is 47.1 Å². The summed E-state index contributed by atoms with van der Waals surface area (Å²) < 4.78 is 13.6. The van der Waals surface area contributed by atoms with Crippen molar-refractivity contribution >= 4 is 17.3 Å². The number of aliphatic hydroxyl groups is 4. The molecule has 3 aliphatic rings. The van der Waals surface area contributed by atoms with Crippen LogP contribution in [0.5, 0.6) is 11.5 Å². The molecule has 0 aliphatic carbocycles. The lowest BCUT2D eigenvalue weighted by molar-refractivity contribution is -0.284. The number of ether oxygens (including phenoxy) is 2. The first-order chi connectivity index (χ1) is 24.2. The predicted octanol–water partition coefficient (Wildman–Crippen LogP) is 2.82. The number of rotatable bonds is 10. The topological polar surface area (TPSA) is 157 Å². The lowest BCUT2D eigenvalue weighted by atomic mass is 9.74. The van der Waals surface area contributed by atoms with Gasteiger partial charge in [0.15, 0.2) is 6.29 Å². The molecule has 264 valence electrons. The van der Waals surface area contributed by atoms with E-state index in [2.05, 4.69) is 84.2 Å². The normalized spacial score (nSPS) is 23.3. The Labute approximate surface area is 290 Å². The fourth-order valence-corrected chi connectivity index (χ4v) is 7.75. The van der Waals surface area contributed by atoms with Gasteiger partial charge in [-0.25, -0.2) is 4.68 Å². The number of aromatic nitrogens is 3. The smallest absolute Gasteiger partial charge is 0.255 e. The van der Waals surface area contributed by atoms with Gasteiger partial charge in [0.2, 0.25) is 0 Å².